The number of carbonyl (C=O) groups excluding carboxylic acids is 5. The number of ketones is 1. The van der Waals surface area contributed by atoms with Gasteiger partial charge in [0.25, 0.3) is 17.7 Å². The van der Waals surface area contributed by atoms with Crippen LogP contribution >= 0.6 is 43.5 Å². The number of hydrogen-bond acceptors (Lipinski definition) is 7. The van der Waals surface area contributed by atoms with E-state index in [1.807, 2.05) is 0 Å². The number of hydrogen-bond donors (Lipinski definition) is 0. The molecule has 0 bridgehead atoms. The number of fused-ring (bicyclic) bond motifs is 1. The molecule has 12 heteroatoms. The Morgan fingerprint density at radius 2 is 1.42 bits per heavy atom. The minimum Gasteiger partial charge on any atom is -0.497 e. The molecule has 222 valence electrons. The fourth-order valence-electron chi connectivity index (χ4n) is 5.14. The van der Waals surface area contributed by atoms with Crippen molar-refractivity contribution < 1.29 is 33.4 Å². The first-order valence-electron chi connectivity index (χ1n) is 13.3. The number of halogens is 3. The highest BCUT2D eigenvalue weighted by molar-refractivity contribution is 9.12. The number of carbonyl (C=O) groups is 5. The molecule has 1 saturated carbocycles. The Balaban J connectivity index is 1.37. The quantitative estimate of drug-likeness (QED) is 0.0957. The summed E-state index contributed by atoms with van der Waals surface area (Å²) in [5, 5.41) is 2.15. The van der Waals surface area contributed by atoms with E-state index in [9.17, 15) is 24.0 Å². The van der Waals surface area contributed by atoms with Crippen molar-refractivity contribution in [3.8, 4) is 11.5 Å². The third-order valence-electron chi connectivity index (χ3n) is 7.44. The van der Waals surface area contributed by atoms with Gasteiger partial charge in [0.2, 0.25) is 0 Å². The van der Waals surface area contributed by atoms with Crippen LogP contribution in [0.4, 0.5) is 0 Å². The van der Waals surface area contributed by atoms with Gasteiger partial charge in [0, 0.05) is 25.8 Å². The molecular formula is C31H25Br2ClN2O7. The van der Waals surface area contributed by atoms with Gasteiger partial charge in [0.1, 0.15) is 18.0 Å². The van der Waals surface area contributed by atoms with Gasteiger partial charge < -0.3 is 9.47 Å². The van der Waals surface area contributed by atoms with Gasteiger partial charge >= 0.3 is 5.97 Å². The number of Topliss-reactive ketones (excluding diaryl/α,β-unsaturated/α-hetero) is 1. The first-order valence-corrected chi connectivity index (χ1v) is 15.5. The Hall–Kier alpha value is -3.54. The molecule has 2 fully saturated rings. The molecule has 3 aromatic carbocycles. The fraction of sp³-hybridized carbons (Fsp3) is 0.258. The van der Waals surface area contributed by atoms with Gasteiger partial charge in [0.15, 0.2) is 5.78 Å². The largest absolute Gasteiger partial charge is 0.497 e. The zero-order valence-electron chi connectivity index (χ0n) is 22.7. The minimum atomic E-state index is -0.694. The maximum Gasteiger partial charge on any atom is 0.343 e. The molecule has 5 rings (SSSR count). The normalized spacial score (nSPS) is 21.3. The Bertz CT molecular complexity index is 1550. The summed E-state index contributed by atoms with van der Waals surface area (Å²) >= 11 is 13.1. The number of methoxy groups -OCH3 is 1. The molecule has 43 heavy (non-hydrogen) atoms. The Morgan fingerprint density at radius 1 is 0.837 bits per heavy atom. The molecule has 0 unspecified atom stereocenters. The van der Waals surface area contributed by atoms with Crippen LogP contribution in [0.1, 0.15) is 43.9 Å². The van der Waals surface area contributed by atoms with Crippen LogP contribution in [0.3, 0.4) is 0 Å². The molecule has 1 aliphatic heterocycles. The van der Waals surface area contributed by atoms with Crippen molar-refractivity contribution in [1.29, 1.82) is 0 Å². The van der Waals surface area contributed by atoms with E-state index in [2.05, 4.69) is 31.9 Å². The summed E-state index contributed by atoms with van der Waals surface area (Å²) < 4.78 is 10.6. The summed E-state index contributed by atoms with van der Waals surface area (Å²) in [4.78, 5) is 66.7. The first kappa shape index (κ1) is 30.9. The highest BCUT2D eigenvalue weighted by atomic mass is 79.9. The van der Waals surface area contributed by atoms with Gasteiger partial charge in [-0.2, -0.15) is 5.01 Å². The third kappa shape index (κ3) is 6.53. The maximum atomic E-state index is 13.7. The summed E-state index contributed by atoms with van der Waals surface area (Å²) in [6.07, 6.45) is 0.822. The van der Waals surface area contributed by atoms with Crippen LogP contribution in [0.15, 0.2) is 72.8 Å². The summed E-state index contributed by atoms with van der Waals surface area (Å²) in [5.41, 5.74) is 0.630. The summed E-state index contributed by atoms with van der Waals surface area (Å²) in [7, 11) is 1.49. The predicted octanol–water partition coefficient (Wildman–Crippen LogP) is 5.73. The molecule has 1 heterocycles. The molecule has 1 aliphatic carbocycles. The van der Waals surface area contributed by atoms with Crippen LogP contribution in [-0.2, 0) is 9.59 Å². The summed E-state index contributed by atoms with van der Waals surface area (Å²) in [6.45, 7) is -0.573. The van der Waals surface area contributed by atoms with E-state index in [1.165, 1.54) is 55.6 Å². The van der Waals surface area contributed by atoms with Crippen LogP contribution in [0.25, 0.3) is 0 Å². The molecule has 0 radical (unpaired) electrons. The van der Waals surface area contributed by atoms with Gasteiger partial charge in [-0.15, -0.1) is 0 Å². The summed E-state index contributed by atoms with van der Waals surface area (Å²) in [5.74, 6) is -3.40. The number of imide groups is 1. The van der Waals surface area contributed by atoms with Crippen molar-refractivity contribution >= 4 is 72.9 Å². The maximum absolute atomic E-state index is 13.7. The lowest BCUT2D eigenvalue weighted by Gasteiger charge is -2.30. The molecule has 0 N–H and O–H groups in total. The third-order valence-corrected chi connectivity index (χ3v) is 10.4. The average Bonchev–Trinajstić information content (AvgIpc) is 3.24. The van der Waals surface area contributed by atoms with Crippen molar-refractivity contribution in [2.45, 2.75) is 22.5 Å². The van der Waals surface area contributed by atoms with Gasteiger partial charge in [-0.25, -0.2) is 9.80 Å². The van der Waals surface area contributed by atoms with Gasteiger partial charge in [-0.05, 0) is 79.6 Å². The molecular weight excluding hydrogens is 708 g/mol. The van der Waals surface area contributed by atoms with Crippen molar-refractivity contribution in [2.75, 3.05) is 13.7 Å². The number of hydrazine groups is 1. The average molecular weight is 733 g/mol. The SMILES string of the molecule is COc1cccc(C(=O)Oc2ccc(C(=O)CN(C(=O)c3ccc(Cl)cc3)N3C(=O)[C@H]4C[C@H](Br)[C@@H](Br)C[C@H]4C3=O)cc2)c1. The van der Waals surface area contributed by atoms with E-state index in [1.54, 1.807) is 24.3 Å². The standard InChI is InChI=1S/C31H25Br2ClN2O7/c1-42-22-4-2-3-19(13-22)31(41)43-21-11-7-17(8-12-21)27(37)16-35(28(38)18-5-9-20(34)10-6-18)36-29(39)23-14-25(32)26(33)15-24(23)30(36)40/h2-13,23-26H,14-16H2,1H3/t23-,24+,25-,26-/m0/s1. The smallest absolute Gasteiger partial charge is 0.343 e. The van der Waals surface area contributed by atoms with Gasteiger partial charge in [-0.1, -0.05) is 49.5 Å². The molecule has 2 aliphatic rings. The second-order valence-corrected chi connectivity index (χ2v) is 12.9. The van der Waals surface area contributed by atoms with Crippen LogP contribution in [-0.4, -0.2) is 62.8 Å². The number of alkyl halides is 2. The fourth-order valence-corrected chi connectivity index (χ4v) is 6.51. The van der Waals surface area contributed by atoms with Gasteiger partial charge in [0.05, 0.1) is 24.5 Å². The lowest BCUT2D eigenvalue weighted by molar-refractivity contribution is -0.154. The Kier molecular flexibility index (Phi) is 9.33. The van der Waals surface area contributed by atoms with Crippen molar-refractivity contribution in [1.82, 2.24) is 10.0 Å². The lowest BCUT2D eigenvalue weighted by atomic mass is 9.81. The van der Waals surface area contributed by atoms with Gasteiger partial charge in [-0.3, -0.25) is 19.2 Å². The number of ether oxygens (including phenoxy) is 2. The van der Waals surface area contributed by atoms with Crippen LogP contribution in [0.2, 0.25) is 5.02 Å². The van der Waals surface area contributed by atoms with E-state index in [4.69, 9.17) is 21.1 Å². The molecule has 1 saturated heterocycles. The monoisotopic (exact) mass is 730 g/mol. The van der Waals surface area contributed by atoms with E-state index in [-0.39, 0.29) is 32.1 Å². The van der Waals surface area contributed by atoms with Crippen LogP contribution in [0.5, 0.6) is 11.5 Å². The Morgan fingerprint density at radius 3 is 2.00 bits per heavy atom. The molecule has 3 amide bonds. The van der Waals surface area contributed by atoms with Crippen molar-refractivity contribution in [3.63, 3.8) is 0 Å². The number of esters is 1. The molecule has 9 nitrogen and oxygen atoms in total. The summed E-state index contributed by atoms with van der Waals surface area (Å²) in [6, 6.07) is 18.2. The lowest BCUT2D eigenvalue weighted by Crippen LogP contribution is -2.52. The number of rotatable bonds is 8. The predicted molar refractivity (Wildman–Crippen MR) is 165 cm³/mol. The van der Waals surface area contributed by atoms with E-state index in [0.717, 1.165) is 10.0 Å². The Labute approximate surface area is 269 Å². The van der Waals surface area contributed by atoms with E-state index >= 15 is 0 Å². The van der Waals surface area contributed by atoms with Crippen molar-refractivity contribution in [2.24, 2.45) is 11.8 Å². The number of nitrogens with zero attached hydrogens (tertiary/aromatic N) is 2. The molecule has 3 aromatic rings. The molecule has 0 aromatic heterocycles. The van der Waals surface area contributed by atoms with E-state index in [0.29, 0.717) is 23.6 Å². The van der Waals surface area contributed by atoms with Crippen LogP contribution in [0, 0.1) is 11.8 Å². The van der Waals surface area contributed by atoms with E-state index < -0.39 is 47.9 Å². The molecule has 0 spiro atoms. The highest BCUT2D eigenvalue weighted by Crippen LogP contribution is 2.43. The number of benzene rings is 3. The first-order chi connectivity index (χ1) is 20.6. The topological polar surface area (TPSA) is 110 Å². The second kappa shape index (κ2) is 13.0. The highest BCUT2D eigenvalue weighted by Gasteiger charge is 2.54. The zero-order valence-corrected chi connectivity index (χ0v) is 26.7. The minimum absolute atomic E-state index is 0.0240. The zero-order chi connectivity index (χ0) is 30.8. The molecule has 4 atom stereocenters. The van der Waals surface area contributed by atoms with Crippen LogP contribution < -0.4 is 9.47 Å². The number of amides is 3. The van der Waals surface area contributed by atoms with Crippen molar-refractivity contribution in [3.05, 3.63) is 94.5 Å². The second-order valence-electron chi connectivity index (χ2n) is 10.1.